The fourth-order valence-electron chi connectivity index (χ4n) is 1.84. The fourth-order valence-corrected chi connectivity index (χ4v) is 1.84. The van der Waals surface area contributed by atoms with Gasteiger partial charge in [-0.05, 0) is 24.5 Å². The van der Waals surface area contributed by atoms with E-state index in [1.165, 1.54) is 12.3 Å². The number of aliphatic carboxylic acids is 1. The lowest BCUT2D eigenvalue weighted by atomic mass is 10.0. The molecule has 2 rings (SSSR count). The lowest BCUT2D eigenvalue weighted by molar-refractivity contribution is -0.139. The van der Waals surface area contributed by atoms with Gasteiger partial charge in [-0.25, -0.2) is 4.79 Å². The first-order valence-electron chi connectivity index (χ1n) is 6.51. The van der Waals surface area contributed by atoms with Crippen molar-refractivity contribution in [3.63, 3.8) is 0 Å². The van der Waals surface area contributed by atoms with Crippen molar-refractivity contribution in [3.8, 4) is 11.5 Å². The molecule has 0 radical (unpaired) electrons. The Morgan fingerprint density at radius 1 is 1.38 bits per heavy atom. The number of nitrogens with one attached hydrogen (secondary N) is 1. The molecule has 112 valence electrons. The van der Waals surface area contributed by atoms with Crippen molar-refractivity contribution in [1.82, 2.24) is 10.5 Å². The molecule has 0 saturated heterocycles. The van der Waals surface area contributed by atoms with Crippen molar-refractivity contribution in [2.75, 3.05) is 0 Å². The first-order chi connectivity index (χ1) is 9.97. The van der Waals surface area contributed by atoms with Crippen LogP contribution < -0.4 is 5.32 Å². The standard InChI is InChI=1S/C14H16N2O5/c1-8(2)6-10(14(18)19)15-13(17)9-7-12(21-16-9)11-4-3-5-20-11/h3-5,7-8,10H,6H2,1-2H3,(H,15,17)(H,18,19)/t10-/m1/s1. The number of hydrogen-bond acceptors (Lipinski definition) is 5. The van der Waals surface area contributed by atoms with Crippen LogP contribution in [0, 0.1) is 5.92 Å². The monoisotopic (exact) mass is 292 g/mol. The Labute approximate surface area is 120 Å². The van der Waals surface area contributed by atoms with Crippen LogP contribution in [0.15, 0.2) is 33.4 Å². The predicted octanol–water partition coefficient (Wildman–Crippen LogP) is 2.16. The Bertz CT molecular complexity index is 615. The number of furan rings is 1. The summed E-state index contributed by atoms with van der Waals surface area (Å²) in [7, 11) is 0. The maximum absolute atomic E-state index is 12.0. The summed E-state index contributed by atoms with van der Waals surface area (Å²) in [6, 6.07) is 3.80. The van der Waals surface area contributed by atoms with Crippen LogP contribution in [0.3, 0.4) is 0 Å². The second-order valence-corrected chi connectivity index (χ2v) is 5.05. The van der Waals surface area contributed by atoms with E-state index in [2.05, 4.69) is 10.5 Å². The number of rotatable bonds is 6. The van der Waals surface area contributed by atoms with Crippen LogP contribution >= 0.6 is 0 Å². The molecule has 0 unspecified atom stereocenters. The highest BCUT2D eigenvalue weighted by atomic mass is 16.5. The molecule has 0 spiro atoms. The molecular formula is C14H16N2O5. The number of amides is 1. The predicted molar refractivity (Wildman–Crippen MR) is 72.6 cm³/mol. The van der Waals surface area contributed by atoms with Crippen molar-refractivity contribution in [2.24, 2.45) is 5.92 Å². The molecular weight excluding hydrogens is 276 g/mol. The van der Waals surface area contributed by atoms with Crippen LogP contribution in [0.5, 0.6) is 0 Å². The maximum atomic E-state index is 12.0. The van der Waals surface area contributed by atoms with Gasteiger partial charge in [0.2, 0.25) is 5.76 Å². The van der Waals surface area contributed by atoms with Crippen molar-refractivity contribution in [2.45, 2.75) is 26.3 Å². The molecule has 2 N–H and O–H groups in total. The van der Waals surface area contributed by atoms with Gasteiger partial charge in [-0.1, -0.05) is 19.0 Å². The number of carboxylic acids is 1. The summed E-state index contributed by atoms with van der Waals surface area (Å²) in [4.78, 5) is 23.1. The van der Waals surface area contributed by atoms with E-state index in [4.69, 9.17) is 14.0 Å². The van der Waals surface area contributed by atoms with Gasteiger partial charge in [-0.2, -0.15) is 0 Å². The van der Waals surface area contributed by atoms with Crippen molar-refractivity contribution in [3.05, 3.63) is 30.2 Å². The summed E-state index contributed by atoms with van der Waals surface area (Å²) in [5, 5.41) is 15.2. The topological polar surface area (TPSA) is 106 Å². The molecule has 7 nitrogen and oxygen atoms in total. The van der Waals surface area contributed by atoms with Gasteiger partial charge in [0.25, 0.3) is 5.91 Å². The zero-order valence-corrected chi connectivity index (χ0v) is 11.7. The van der Waals surface area contributed by atoms with Gasteiger partial charge >= 0.3 is 5.97 Å². The van der Waals surface area contributed by atoms with Gasteiger partial charge in [0.1, 0.15) is 6.04 Å². The van der Waals surface area contributed by atoms with Gasteiger partial charge in [-0.15, -0.1) is 0 Å². The van der Waals surface area contributed by atoms with Crippen LogP contribution in [0.1, 0.15) is 30.8 Å². The van der Waals surface area contributed by atoms with Crippen LogP contribution in [-0.4, -0.2) is 28.2 Å². The maximum Gasteiger partial charge on any atom is 0.326 e. The second kappa shape index (κ2) is 6.25. The third-order valence-corrected chi connectivity index (χ3v) is 2.82. The molecule has 0 bridgehead atoms. The second-order valence-electron chi connectivity index (χ2n) is 5.05. The molecule has 0 aromatic carbocycles. The third kappa shape index (κ3) is 3.71. The SMILES string of the molecule is CC(C)C[C@@H](NC(=O)c1cc(-c2ccco2)on1)C(=O)O. The molecule has 1 amide bonds. The first kappa shape index (κ1) is 14.8. The highest BCUT2D eigenvalue weighted by molar-refractivity contribution is 5.95. The number of hydrogen-bond donors (Lipinski definition) is 2. The minimum Gasteiger partial charge on any atom is -0.480 e. The number of carboxylic acid groups (broad SMARTS) is 1. The summed E-state index contributed by atoms with van der Waals surface area (Å²) in [6.45, 7) is 3.76. The van der Waals surface area contributed by atoms with Crippen LogP contribution in [0.4, 0.5) is 0 Å². The molecule has 2 aromatic heterocycles. The average molecular weight is 292 g/mol. The summed E-state index contributed by atoms with van der Waals surface area (Å²) in [5.74, 6) is -0.779. The number of aromatic nitrogens is 1. The summed E-state index contributed by atoms with van der Waals surface area (Å²) >= 11 is 0. The normalized spacial score (nSPS) is 12.3. The lowest BCUT2D eigenvalue weighted by Crippen LogP contribution is -2.41. The minimum absolute atomic E-state index is 0.0106. The third-order valence-electron chi connectivity index (χ3n) is 2.82. The van der Waals surface area contributed by atoms with E-state index < -0.39 is 17.9 Å². The van der Waals surface area contributed by atoms with Gasteiger partial charge in [0.05, 0.1) is 6.26 Å². The number of carbonyl (C=O) groups is 2. The van der Waals surface area contributed by atoms with E-state index in [1.54, 1.807) is 12.1 Å². The van der Waals surface area contributed by atoms with Gasteiger partial charge in [0, 0.05) is 6.07 Å². The molecule has 0 aliphatic heterocycles. The van der Waals surface area contributed by atoms with Crippen LogP contribution in [0.25, 0.3) is 11.5 Å². The van der Waals surface area contributed by atoms with Crippen LogP contribution in [0.2, 0.25) is 0 Å². The highest BCUT2D eigenvalue weighted by Gasteiger charge is 2.23. The molecule has 21 heavy (non-hydrogen) atoms. The highest BCUT2D eigenvalue weighted by Crippen LogP contribution is 2.20. The Morgan fingerprint density at radius 3 is 2.71 bits per heavy atom. The first-order valence-corrected chi connectivity index (χ1v) is 6.51. The molecule has 0 aliphatic rings. The number of carbonyl (C=O) groups excluding carboxylic acids is 1. The Hall–Kier alpha value is -2.57. The summed E-state index contributed by atoms with van der Waals surface area (Å²) in [5.41, 5.74) is 0.0106. The quantitative estimate of drug-likeness (QED) is 0.845. The fraction of sp³-hybridized carbons (Fsp3) is 0.357. The molecule has 7 heteroatoms. The Kier molecular flexibility index (Phi) is 4.42. The number of nitrogens with zero attached hydrogens (tertiary/aromatic N) is 1. The molecule has 0 saturated carbocycles. The molecule has 2 aromatic rings. The van der Waals surface area contributed by atoms with Crippen molar-refractivity contribution < 1.29 is 23.6 Å². The molecule has 0 fully saturated rings. The van der Waals surface area contributed by atoms with Gasteiger partial charge in [-0.3, -0.25) is 4.79 Å². The summed E-state index contributed by atoms with van der Waals surface area (Å²) in [6.07, 6.45) is 1.81. The van der Waals surface area contributed by atoms with Crippen LogP contribution in [-0.2, 0) is 4.79 Å². The smallest absolute Gasteiger partial charge is 0.326 e. The van der Waals surface area contributed by atoms with E-state index in [0.29, 0.717) is 17.9 Å². The van der Waals surface area contributed by atoms with Crippen molar-refractivity contribution >= 4 is 11.9 Å². The van der Waals surface area contributed by atoms with E-state index in [-0.39, 0.29) is 11.6 Å². The van der Waals surface area contributed by atoms with Gasteiger partial charge in [0.15, 0.2) is 11.5 Å². The summed E-state index contributed by atoms with van der Waals surface area (Å²) < 4.78 is 10.1. The average Bonchev–Trinajstić information content (AvgIpc) is 3.08. The van der Waals surface area contributed by atoms with E-state index >= 15 is 0 Å². The Balaban J connectivity index is 2.07. The zero-order valence-electron chi connectivity index (χ0n) is 11.7. The van der Waals surface area contributed by atoms with E-state index in [9.17, 15) is 9.59 Å². The largest absolute Gasteiger partial charge is 0.480 e. The minimum atomic E-state index is -1.08. The molecule has 1 atom stereocenters. The van der Waals surface area contributed by atoms with Gasteiger partial charge < -0.3 is 19.4 Å². The molecule has 2 heterocycles. The Morgan fingerprint density at radius 2 is 2.14 bits per heavy atom. The van der Waals surface area contributed by atoms with E-state index in [1.807, 2.05) is 13.8 Å². The lowest BCUT2D eigenvalue weighted by Gasteiger charge is -2.15. The molecule has 0 aliphatic carbocycles. The zero-order chi connectivity index (χ0) is 15.4. The van der Waals surface area contributed by atoms with E-state index in [0.717, 1.165) is 0 Å². The van der Waals surface area contributed by atoms with Crippen molar-refractivity contribution in [1.29, 1.82) is 0 Å².